The monoisotopic (exact) mass is 658 g/mol. The average Bonchev–Trinajstić information content (AvgIpc) is 3.78. The van der Waals surface area contributed by atoms with E-state index in [0.717, 1.165) is 45.1 Å². The second-order valence-corrected chi connectivity index (χ2v) is 12.9. The van der Waals surface area contributed by atoms with E-state index in [1.165, 1.54) is 37.4 Å². The number of carbonyl (C=O) groups excluding carboxylic acids is 1. The molecule has 3 aliphatic heterocycles. The molecular formula is C35H37F3N8O2. The lowest BCUT2D eigenvalue weighted by atomic mass is 9.95. The minimum absolute atomic E-state index is 0.0499. The van der Waals surface area contributed by atoms with Crippen molar-refractivity contribution in [2.24, 2.45) is 0 Å². The molecule has 3 aromatic heterocycles. The predicted octanol–water partition coefficient (Wildman–Crippen LogP) is 4.55. The minimum Gasteiger partial charge on any atom is -0.475 e. The third kappa shape index (κ3) is 6.87. The number of aromatic nitrogens is 4. The van der Waals surface area contributed by atoms with Crippen molar-refractivity contribution in [1.29, 1.82) is 0 Å². The number of anilines is 1. The van der Waals surface area contributed by atoms with Gasteiger partial charge in [-0.2, -0.15) is 13.2 Å². The number of hydrogen-bond acceptors (Lipinski definition) is 8. The number of nitrogens with zero attached hydrogens (tertiary/aromatic N) is 7. The number of halogens is 3. The van der Waals surface area contributed by atoms with Crippen LogP contribution in [-0.4, -0.2) is 98.7 Å². The number of pyridine rings is 1. The normalized spacial score (nSPS) is 18.4. The average molecular weight is 659 g/mol. The summed E-state index contributed by atoms with van der Waals surface area (Å²) in [4.78, 5) is 28.3. The molecule has 48 heavy (non-hydrogen) atoms. The van der Waals surface area contributed by atoms with Crippen molar-refractivity contribution in [2.45, 2.75) is 43.9 Å². The van der Waals surface area contributed by atoms with E-state index in [2.05, 4.69) is 42.0 Å². The summed E-state index contributed by atoms with van der Waals surface area (Å²) in [5, 5.41) is 7.22. The molecule has 0 spiro atoms. The first-order chi connectivity index (χ1) is 23.1. The molecule has 1 amide bonds. The molecule has 0 unspecified atom stereocenters. The first-order valence-electron chi connectivity index (χ1n) is 16.3. The molecule has 4 aromatic rings. The van der Waals surface area contributed by atoms with Gasteiger partial charge in [-0.3, -0.25) is 19.6 Å². The molecule has 250 valence electrons. The van der Waals surface area contributed by atoms with E-state index in [4.69, 9.17) is 4.74 Å². The summed E-state index contributed by atoms with van der Waals surface area (Å²) in [6, 6.07) is 9.13. The van der Waals surface area contributed by atoms with Crippen LogP contribution >= 0.6 is 0 Å². The maximum Gasteiger partial charge on any atom is 0.416 e. The number of benzene rings is 1. The van der Waals surface area contributed by atoms with E-state index in [0.29, 0.717) is 42.5 Å². The van der Waals surface area contributed by atoms with Gasteiger partial charge >= 0.3 is 6.18 Å². The van der Waals surface area contributed by atoms with Crippen LogP contribution in [0.1, 0.15) is 58.4 Å². The largest absolute Gasteiger partial charge is 0.475 e. The quantitative estimate of drug-likeness (QED) is 0.290. The van der Waals surface area contributed by atoms with Crippen molar-refractivity contribution < 1.29 is 22.7 Å². The predicted molar refractivity (Wildman–Crippen MR) is 174 cm³/mol. The number of nitrogens with one attached hydrogen (secondary N) is 1. The Labute approximate surface area is 276 Å². The third-order valence-electron chi connectivity index (χ3n) is 9.64. The van der Waals surface area contributed by atoms with Crippen molar-refractivity contribution in [3.8, 4) is 17.7 Å². The van der Waals surface area contributed by atoms with Crippen molar-refractivity contribution in [3.63, 3.8) is 0 Å². The van der Waals surface area contributed by atoms with E-state index in [1.54, 1.807) is 16.8 Å². The number of piperazine rings is 1. The SMILES string of the molecule is CN1CCN(Cc2ccc(NC(=O)c3cncc(C#Cc4cnc5ccc(OCC67CCCN6CCC7)nn45)c3)cc2C(F)(F)F)CC1. The molecule has 0 bridgehead atoms. The van der Waals surface area contributed by atoms with Crippen molar-refractivity contribution in [2.75, 3.05) is 58.2 Å². The van der Waals surface area contributed by atoms with Crippen LogP contribution in [0.3, 0.4) is 0 Å². The number of rotatable bonds is 7. The van der Waals surface area contributed by atoms with E-state index >= 15 is 0 Å². The summed E-state index contributed by atoms with van der Waals surface area (Å²) in [7, 11) is 2.00. The fourth-order valence-electron chi connectivity index (χ4n) is 6.96. The molecular weight excluding hydrogens is 621 g/mol. The first kappa shape index (κ1) is 32.1. The summed E-state index contributed by atoms with van der Waals surface area (Å²) < 4.78 is 49.9. The molecule has 0 saturated carbocycles. The highest BCUT2D eigenvalue weighted by molar-refractivity contribution is 6.04. The fourth-order valence-corrected chi connectivity index (χ4v) is 6.96. The Balaban J connectivity index is 1.04. The standard InChI is InChI=1S/C35H37F3N8O2/c1-43-14-16-44(17-15-43)23-26-5-6-28(19-30(26)35(36,37)38)41-33(47)27-18-25(20-39-21-27)4-7-29-22-40-31-8-9-32(42-46(29)31)48-24-34-10-2-12-45(34)13-3-11-34/h5-6,8-9,18-22H,2-3,10-17,23-24H2,1H3,(H,41,47). The van der Waals surface area contributed by atoms with E-state index in [1.807, 2.05) is 24.1 Å². The number of ether oxygens (including phenoxy) is 1. The molecule has 0 aliphatic carbocycles. The fraction of sp³-hybridized carbons (Fsp3) is 0.429. The Morgan fingerprint density at radius 1 is 0.979 bits per heavy atom. The van der Waals surface area contributed by atoms with Crippen LogP contribution in [0.4, 0.5) is 18.9 Å². The van der Waals surface area contributed by atoms with Crippen molar-refractivity contribution in [1.82, 2.24) is 34.3 Å². The molecule has 0 atom stereocenters. The highest BCUT2D eigenvalue weighted by atomic mass is 19.4. The van der Waals surface area contributed by atoms with Gasteiger partial charge < -0.3 is 15.0 Å². The van der Waals surface area contributed by atoms with E-state index in [-0.39, 0.29) is 28.9 Å². The van der Waals surface area contributed by atoms with Crippen molar-refractivity contribution >= 4 is 17.2 Å². The highest BCUT2D eigenvalue weighted by Gasteiger charge is 2.45. The number of hydrogen-bond donors (Lipinski definition) is 1. The lowest BCUT2D eigenvalue weighted by Gasteiger charge is -2.33. The van der Waals surface area contributed by atoms with Crippen LogP contribution in [0.25, 0.3) is 5.65 Å². The van der Waals surface area contributed by atoms with Gasteiger partial charge in [0.2, 0.25) is 5.88 Å². The van der Waals surface area contributed by atoms with E-state index < -0.39 is 17.6 Å². The number of imidazole rings is 1. The van der Waals surface area contributed by atoms with Gasteiger partial charge in [0.25, 0.3) is 5.91 Å². The Bertz CT molecular complexity index is 1860. The zero-order chi connectivity index (χ0) is 33.3. The van der Waals surface area contributed by atoms with Gasteiger partial charge in [0, 0.05) is 62.4 Å². The Morgan fingerprint density at radius 2 is 1.77 bits per heavy atom. The molecule has 6 heterocycles. The molecule has 13 heteroatoms. The molecule has 7 rings (SSSR count). The van der Waals surface area contributed by atoms with Gasteiger partial charge in [0.05, 0.1) is 22.9 Å². The zero-order valence-corrected chi connectivity index (χ0v) is 26.8. The zero-order valence-electron chi connectivity index (χ0n) is 26.8. The molecule has 0 radical (unpaired) electrons. The molecule has 3 saturated heterocycles. The number of likely N-dealkylation sites (N-methyl/N-ethyl adjacent to an activating group) is 1. The molecule has 3 fully saturated rings. The molecule has 1 N–H and O–H groups in total. The van der Waals surface area contributed by atoms with Crippen LogP contribution in [0.2, 0.25) is 0 Å². The van der Waals surface area contributed by atoms with E-state index in [9.17, 15) is 18.0 Å². The number of fused-ring (bicyclic) bond motifs is 2. The van der Waals surface area contributed by atoms with Gasteiger partial charge in [-0.1, -0.05) is 12.0 Å². The van der Waals surface area contributed by atoms with Crippen LogP contribution < -0.4 is 10.1 Å². The summed E-state index contributed by atoms with van der Waals surface area (Å²) >= 11 is 0. The summed E-state index contributed by atoms with van der Waals surface area (Å²) in [6.07, 6.45) is 4.58. The van der Waals surface area contributed by atoms with Crippen LogP contribution in [0.5, 0.6) is 5.88 Å². The summed E-state index contributed by atoms with van der Waals surface area (Å²) in [6.45, 7) is 6.03. The van der Waals surface area contributed by atoms with Gasteiger partial charge in [-0.25, -0.2) is 9.50 Å². The van der Waals surface area contributed by atoms with Crippen LogP contribution in [0, 0.1) is 11.8 Å². The third-order valence-corrected chi connectivity index (χ3v) is 9.64. The van der Waals surface area contributed by atoms with Gasteiger partial charge in [-0.15, -0.1) is 5.10 Å². The van der Waals surface area contributed by atoms with Gasteiger partial charge in [0.1, 0.15) is 12.3 Å². The van der Waals surface area contributed by atoms with Crippen LogP contribution in [-0.2, 0) is 12.7 Å². The Kier molecular flexibility index (Phi) is 8.80. The van der Waals surface area contributed by atoms with Gasteiger partial charge in [0.15, 0.2) is 5.65 Å². The summed E-state index contributed by atoms with van der Waals surface area (Å²) in [5.74, 6) is 5.96. The molecule has 10 nitrogen and oxygen atoms in total. The second kappa shape index (κ2) is 13.2. The van der Waals surface area contributed by atoms with Crippen LogP contribution in [0.15, 0.2) is 55.0 Å². The van der Waals surface area contributed by atoms with Crippen molar-refractivity contribution in [3.05, 3.63) is 82.9 Å². The molecule has 1 aromatic carbocycles. The number of amides is 1. The summed E-state index contributed by atoms with van der Waals surface area (Å²) in [5.41, 5.74) is 1.34. The lowest BCUT2D eigenvalue weighted by molar-refractivity contribution is -0.138. The maximum absolute atomic E-state index is 14.0. The minimum atomic E-state index is -4.56. The smallest absolute Gasteiger partial charge is 0.416 e. The second-order valence-electron chi connectivity index (χ2n) is 12.9. The number of carbonyl (C=O) groups is 1. The topological polar surface area (TPSA) is 91.1 Å². The highest BCUT2D eigenvalue weighted by Crippen LogP contribution is 2.39. The Hall–Kier alpha value is -4.51. The lowest BCUT2D eigenvalue weighted by Crippen LogP contribution is -2.44. The molecule has 3 aliphatic rings. The number of alkyl halides is 3. The Morgan fingerprint density at radius 3 is 2.54 bits per heavy atom. The van der Waals surface area contributed by atoms with Gasteiger partial charge in [-0.05, 0) is 81.6 Å². The first-order valence-corrected chi connectivity index (χ1v) is 16.3. The maximum atomic E-state index is 14.0.